The second kappa shape index (κ2) is 5.13. The van der Waals surface area contributed by atoms with Crippen molar-refractivity contribution in [3.63, 3.8) is 0 Å². The number of hydrogen-bond acceptors (Lipinski definition) is 6. The smallest absolute Gasteiger partial charge is 0.182 e. The van der Waals surface area contributed by atoms with E-state index in [1.807, 2.05) is 0 Å². The van der Waals surface area contributed by atoms with Gasteiger partial charge in [0.1, 0.15) is 11.5 Å². The van der Waals surface area contributed by atoms with Crippen LogP contribution in [0.25, 0.3) is 11.5 Å². The molecule has 2 aromatic rings. The molecule has 0 aromatic carbocycles. The molecule has 3 rings (SSSR count). The minimum Gasteiger partial charge on any atom is -0.308 e. The van der Waals surface area contributed by atoms with Gasteiger partial charge in [-0.1, -0.05) is 23.2 Å². The molecule has 0 spiro atoms. The summed E-state index contributed by atoms with van der Waals surface area (Å²) in [5, 5.41) is 0.892. The molecule has 3 N–H and O–H groups in total. The number of nitrogens with one attached hydrogen (secondary N) is 1. The number of rotatable bonds is 2. The van der Waals surface area contributed by atoms with Gasteiger partial charge < -0.3 is 5.43 Å². The molecular weight excluding hydrogens is 305 g/mol. The normalized spacial score (nSPS) is 13.4. The Hall–Kier alpha value is -1.08. The number of halogens is 2. The summed E-state index contributed by atoms with van der Waals surface area (Å²) in [5.74, 6) is 8.28. The first-order valence-electron chi connectivity index (χ1n) is 5.44. The van der Waals surface area contributed by atoms with Gasteiger partial charge in [-0.3, -0.25) is 0 Å². The van der Waals surface area contributed by atoms with E-state index >= 15 is 0 Å². The third-order valence-electron chi connectivity index (χ3n) is 2.73. The number of nitrogens with zero attached hydrogens (tertiary/aromatic N) is 3. The lowest BCUT2D eigenvalue weighted by Gasteiger charge is -2.09. The lowest BCUT2D eigenvalue weighted by atomic mass is 10.2. The Balaban J connectivity index is 2.15. The number of anilines is 1. The predicted octanol–water partition coefficient (Wildman–Crippen LogP) is 2.88. The van der Waals surface area contributed by atoms with Crippen LogP contribution in [-0.2, 0) is 11.5 Å². The quantitative estimate of drug-likeness (QED) is 0.656. The molecular formula is C11H9Cl2N5S. The fraction of sp³-hybridized carbons (Fsp3) is 0.182. The lowest BCUT2D eigenvalue weighted by Crippen LogP contribution is -2.13. The van der Waals surface area contributed by atoms with Gasteiger partial charge in [-0.05, 0) is 6.07 Å². The highest BCUT2D eigenvalue weighted by Crippen LogP contribution is 2.35. The highest BCUT2D eigenvalue weighted by Gasteiger charge is 2.21. The Morgan fingerprint density at radius 3 is 2.84 bits per heavy atom. The maximum Gasteiger partial charge on any atom is 0.182 e. The van der Waals surface area contributed by atoms with E-state index in [-0.39, 0.29) is 0 Å². The van der Waals surface area contributed by atoms with Gasteiger partial charge in [-0.25, -0.2) is 20.8 Å². The van der Waals surface area contributed by atoms with Gasteiger partial charge in [0.05, 0.1) is 15.7 Å². The minimum absolute atomic E-state index is 0.418. The summed E-state index contributed by atoms with van der Waals surface area (Å²) in [4.78, 5) is 13.1. The van der Waals surface area contributed by atoms with Crippen LogP contribution in [0.5, 0.6) is 0 Å². The van der Waals surface area contributed by atoms with Crippen LogP contribution in [0, 0.1) is 0 Å². The van der Waals surface area contributed by atoms with Crippen molar-refractivity contribution < 1.29 is 0 Å². The van der Waals surface area contributed by atoms with Crippen molar-refractivity contribution in [1.82, 2.24) is 15.0 Å². The Kier molecular flexibility index (Phi) is 3.49. The van der Waals surface area contributed by atoms with E-state index in [1.165, 1.54) is 6.20 Å². The molecule has 0 bridgehead atoms. The zero-order valence-corrected chi connectivity index (χ0v) is 12.0. The maximum atomic E-state index is 6.13. The Bertz CT molecular complexity index is 649. The number of thioether (sulfide) groups is 1. The second-order valence-corrected chi connectivity index (χ2v) is 5.77. The summed E-state index contributed by atoms with van der Waals surface area (Å²) in [5.41, 5.74) is 5.12. The fourth-order valence-electron chi connectivity index (χ4n) is 1.86. The third-order valence-corrected chi connectivity index (χ3v) is 4.20. The first-order valence-corrected chi connectivity index (χ1v) is 7.35. The largest absolute Gasteiger partial charge is 0.308 e. The zero-order valence-electron chi connectivity index (χ0n) is 9.65. The molecule has 0 amide bonds. The first kappa shape index (κ1) is 12.9. The summed E-state index contributed by atoms with van der Waals surface area (Å²) in [6.07, 6.45) is 1.52. The predicted molar refractivity (Wildman–Crippen MR) is 78.1 cm³/mol. The molecule has 0 saturated carbocycles. The van der Waals surface area contributed by atoms with Crippen molar-refractivity contribution in [2.45, 2.75) is 11.5 Å². The van der Waals surface area contributed by atoms with E-state index in [4.69, 9.17) is 29.0 Å². The molecule has 98 valence electrons. The molecule has 1 aliphatic heterocycles. The number of hydrazine groups is 1. The lowest BCUT2D eigenvalue weighted by molar-refractivity contribution is 1.05. The van der Waals surface area contributed by atoms with Gasteiger partial charge in [-0.15, -0.1) is 0 Å². The number of hydrogen-bond donors (Lipinski definition) is 2. The van der Waals surface area contributed by atoms with Crippen LogP contribution < -0.4 is 11.3 Å². The molecule has 5 nitrogen and oxygen atoms in total. The minimum atomic E-state index is 0.418. The first-order chi connectivity index (χ1) is 9.19. The highest BCUT2D eigenvalue weighted by molar-refractivity contribution is 7.98. The average Bonchev–Trinajstić information content (AvgIpc) is 2.85. The molecule has 8 heteroatoms. The second-order valence-electron chi connectivity index (χ2n) is 3.94. The molecule has 0 unspecified atom stereocenters. The molecule has 1 aliphatic rings. The van der Waals surface area contributed by atoms with Crippen molar-refractivity contribution in [3.8, 4) is 11.5 Å². The number of nitrogens with two attached hydrogens (primary N) is 1. The van der Waals surface area contributed by atoms with Gasteiger partial charge in [0.25, 0.3) is 0 Å². The summed E-state index contributed by atoms with van der Waals surface area (Å²) < 4.78 is 0. The van der Waals surface area contributed by atoms with E-state index in [9.17, 15) is 0 Å². The van der Waals surface area contributed by atoms with E-state index in [2.05, 4.69) is 20.4 Å². The summed E-state index contributed by atoms with van der Waals surface area (Å²) in [6.45, 7) is 0. The van der Waals surface area contributed by atoms with Crippen molar-refractivity contribution >= 4 is 40.8 Å². The Morgan fingerprint density at radius 1 is 1.26 bits per heavy atom. The Labute approximate surface area is 123 Å². The van der Waals surface area contributed by atoms with Gasteiger partial charge in [0, 0.05) is 23.3 Å². The van der Waals surface area contributed by atoms with Crippen LogP contribution in [0.15, 0.2) is 12.3 Å². The molecule has 0 aliphatic carbocycles. The number of fused-ring (bicyclic) bond motifs is 1. The van der Waals surface area contributed by atoms with Crippen LogP contribution in [0.3, 0.4) is 0 Å². The van der Waals surface area contributed by atoms with Crippen molar-refractivity contribution in [1.29, 1.82) is 0 Å². The summed E-state index contributed by atoms with van der Waals surface area (Å²) in [6, 6.07) is 1.62. The molecule has 2 aromatic heterocycles. The highest BCUT2D eigenvalue weighted by atomic mass is 35.5. The standard InChI is InChI=1S/C11H9Cl2N5S/c12-5-1-7(13)9(15-2-5)11-16-8-4-19-3-6(8)10(17-11)18-14/h1-2H,3-4,14H2,(H,16,17,18). The fourth-order valence-corrected chi connectivity index (χ4v) is 3.36. The van der Waals surface area contributed by atoms with E-state index in [0.717, 1.165) is 22.8 Å². The number of aromatic nitrogens is 3. The molecule has 3 heterocycles. The third kappa shape index (κ3) is 2.36. The van der Waals surface area contributed by atoms with Crippen molar-refractivity contribution in [3.05, 3.63) is 33.6 Å². The molecule has 0 saturated heterocycles. The molecule has 0 fully saturated rings. The van der Waals surface area contributed by atoms with Crippen molar-refractivity contribution in [2.24, 2.45) is 5.84 Å². The summed E-state index contributed by atoms with van der Waals surface area (Å²) in [7, 11) is 0. The van der Waals surface area contributed by atoms with E-state index < -0.39 is 0 Å². The molecule has 0 radical (unpaired) electrons. The summed E-state index contributed by atoms with van der Waals surface area (Å²) >= 11 is 13.7. The molecule has 19 heavy (non-hydrogen) atoms. The van der Waals surface area contributed by atoms with Crippen LogP contribution >= 0.6 is 35.0 Å². The SMILES string of the molecule is NNc1nc(-c2ncc(Cl)cc2Cl)nc2c1CSC2. The van der Waals surface area contributed by atoms with Crippen LogP contribution in [0.1, 0.15) is 11.3 Å². The number of nitrogen functional groups attached to an aromatic ring is 1. The maximum absolute atomic E-state index is 6.13. The molecule has 0 atom stereocenters. The van der Waals surface area contributed by atoms with Crippen molar-refractivity contribution in [2.75, 3.05) is 5.43 Å². The number of pyridine rings is 1. The van der Waals surface area contributed by atoms with Gasteiger partial charge >= 0.3 is 0 Å². The Morgan fingerprint density at radius 2 is 2.11 bits per heavy atom. The monoisotopic (exact) mass is 313 g/mol. The van der Waals surface area contributed by atoms with E-state index in [1.54, 1.807) is 17.8 Å². The topological polar surface area (TPSA) is 76.7 Å². The van der Waals surface area contributed by atoms with Gasteiger partial charge in [0.15, 0.2) is 5.82 Å². The van der Waals surface area contributed by atoms with E-state index in [0.29, 0.717) is 27.4 Å². The van der Waals surface area contributed by atoms with Crippen LogP contribution in [0.2, 0.25) is 10.0 Å². The zero-order chi connectivity index (χ0) is 13.4. The van der Waals surface area contributed by atoms with Crippen LogP contribution in [-0.4, -0.2) is 15.0 Å². The average molecular weight is 314 g/mol. The van der Waals surface area contributed by atoms with Gasteiger partial charge in [-0.2, -0.15) is 11.8 Å². The van der Waals surface area contributed by atoms with Crippen LogP contribution in [0.4, 0.5) is 5.82 Å². The van der Waals surface area contributed by atoms with Gasteiger partial charge in [0.2, 0.25) is 0 Å².